The van der Waals surface area contributed by atoms with E-state index >= 15 is 0 Å². The fraction of sp³-hybridized carbons (Fsp3) is 0.250. The molecule has 0 unspecified atom stereocenters. The first-order valence-electron chi connectivity index (χ1n) is 7.40. The Hall–Kier alpha value is -2.74. The summed E-state index contributed by atoms with van der Waals surface area (Å²) in [4.78, 5) is 16.5. The molecule has 0 radical (unpaired) electrons. The SMILES string of the molecule is CCc1noc(COC(=O)c2c(-c3c(F)cccc3Cl)noc2C)n1. The highest BCUT2D eigenvalue weighted by molar-refractivity contribution is 6.33. The molecule has 0 saturated carbocycles. The summed E-state index contributed by atoms with van der Waals surface area (Å²) in [5, 5.41) is 7.56. The van der Waals surface area contributed by atoms with Gasteiger partial charge in [0.2, 0.25) is 0 Å². The lowest BCUT2D eigenvalue weighted by molar-refractivity contribution is 0.0428. The Morgan fingerprint density at radius 2 is 2.12 bits per heavy atom. The molecule has 0 atom stereocenters. The monoisotopic (exact) mass is 365 g/mol. The minimum Gasteiger partial charge on any atom is -0.452 e. The summed E-state index contributed by atoms with van der Waals surface area (Å²) in [6.45, 7) is 3.16. The molecule has 0 amide bonds. The summed E-state index contributed by atoms with van der Waals surface area (Å²) in [6, 6.07) is 4.15. The van der Waals surface area contributed by atoms with Gasteiger partial charge in [-0.15, -0.1) is 0 Å². The van der Waals surface area contributed by atoms with Gasteiger partial charge in [0.05, 0.1) is 10.6 Å². The van der Waals surface area contributed by atoms with Crippen molar-refractivity contribution in [3.05, 3.63) is 52.1 Å². The summed E-state index contributed by atoms with van der Waals surface area (Å²) in [6.07, 6.45) is 0.595. The number of halogens is 2. The largest absolute Gasteiger partial charge is 0.452 e. The lowest BCUT2D eigenvalue weighted by Gasteiger charge is -2.05. The van der Waals surface area contributed by atoms with Crippen LogP contribution in [0.1, 0.15) is 34.8 Å². The Bertz CT molecular complexity index is 902. The van der Waals surface area contributed by atoms with E-state index in [1.807, 2.05) is 6.92 Å². The number of rotatable bonds is 5. The van der Waals surface area contributed by atoms with Crippen molar-refractivity contribution in [1.82, 2.24) is 15.3 Å². The van der Waals surface area contributed by atoms with Gasteiger partial charge in [-0.2, -0.15) is 4.98 Å². The van der Waals surface area contributed by atoms with Crippen LogP contribution in [0.2, 0.25) is 5.02 Å². The number of nitrogens with zero attached hydrogens (tertiary/aromatic N) is 3. The summed E-state index contributed by atoms with van der Waals surface area (Å²) >= 11 is 6.03. The molecule has 3 aromatic rings. The number of carbonyl (C=O) groups is 1. The van der Waals surface area contributed by atoms with E-state index in [1.165, 1.54) is 25.1 Å². The van der Waals surface area contributed by atoms with E-state index in [9.17, 15) is 9.18 Å². The third kappa shape index (κ3) is 3.39. The number of hydrogen-bond donors (Lipinski definition) is 0. The van der Waals surface area contributed by atoms with Gasteiger partial charge in [0.25, 0.3) is 5.89 Å². The second-order valence-corrected chi connectivity index (χ2v) is 5.50. The highest BCUT2D eigenvalue weighted by atomic mass is 35.5. The smallest absolute Gasteiger partial charge is 0.344 e. The zero-order chi connectivity index (χ0) is 18.0. The summed E-state index contributed by atoms with van der Waals surface area (Å²) < 4.78 is 29.3. The van der Waals surface area contributed by atoms with Gasteiger partial charge in [-0.25, -0.2) is 9.18 Å². The van der Waals surface area contributed by atoms with E-state index in [2.05, 4.69) is 15.3 Å². The fourth-order valence-electron chi connectivity index (χ4n) is 2.20. The third-order valence-corrected chi connectivity index (χ3v) is 3.73. The highest BCUT2D eigenvalue weighted by Gasteiger charge is 2.27. The van der Waals surface area contributed by atoms with Crippen LogP contribution in [-0.2, 0) is 17.8 Å². The van der Waals surface area contributed by atoms with Gasteiger partial charge in [0, 0.05) is 6.42 Å². The number of esters is 1. The lowest BCUT2D eigenvalue weighted by Crippen LogP contribution is -2.08. The molecular weight excluding hydrogens is 353 g/mol. The van der Waals surface area contributed by atoms with Crippen molar-refractivity contribution >= 4 is 17.6 Å². The molecule has 0 fully saturated rings. The highest BCUT2D eigenvalue weighted by Crippen LogP contribution is 2.33. The third-order valence-electron chi connectivity index (χ3n) is 3.42. The van der Waals surface area contributed by atoms with Crippen LogP contribution in [0.15, 0.2) is 27.2 Å². The Morgan fingerprint density at radius 3 is 2.80 bits per heavy atom. The molecule has 3 rings (SSSR count). The number of benzene rings is 1. The van der Waals surface area contributed by atoms with Crippen molar-refractivity contribution in [2.24, 2.45) is 0 Å². The summed E-state index contributed by atoms with van der Waals surface area (Å²) in [5.41, 5.74) is -0.0633. The Kier molecular flexibility index (Phi) is 4.80. The van der Waals surface area contributed by atoms with Gasteiger partial charge in [0.15, 0.2) is 12.4 Å². The van der Waals surface area contributed by atoms with Crippen LogP contribution in [0.25, 0.3) is 11.3 Å². The lowest BCUT2D eigenvalue weighted by atomic mass is 10.1. The van der Waals surface area contributed by atoms with E-state index in [-0.39, 0.29) is 40.1 Å². The molecule has 2 heterocycles. The van der Waals surface area contributed by atoms with Crippen molar-refractivity contribution in [3.63, 3.8) is 0 Å². The van der Waals surface area contributed by atoms with E-state index in [0.717, 1.165) is 0 Å². The number of aryl methyl sites for hydroxylation is 2. The van der Waals surface area contributed by atoms with Crippen LogP contribution >= 0.6 is 11.6 Å². The molecule has 130 valence electrons. The molecule has 0 aliphatic carbocycles. The van der Waals surface area contributed by atoms with Gasteiger partial charge in [0.1, 0.15) is 22.8 Å². The van der Waals surface area contributed by atoms with Crippen LogP contribution in [-0.4, -0.2) is 21.3 Å². The Balaban J connectivity index is 1.87. The Labute approximate surface area is 146 Å². The molecule has 0 aliphatic heterocycles. The number of carbonyl (C=O) groups excluding carboxylic acids is 1. The normalized spacial score (nSPS) is 10.9. The van der Waals surface area contributed by atoms with Gasteiger partial charge < -0.3 is 13.8 Å². The second-order valence-electron chi connectivity index (χ2n) is 5.09. The quantitative estimate of drug-likeness (QED) is 0.636. The zero-order valence-corrected chi connectivity index (χ0v) is 14.1. The van der Waals surface area contributed by atoms with Gasteiger partial charge in [-0.05, 0) is 19.1 Å². The average Bonchev–Trinajstić information content (AvgIpc) is 3.19. The van der Waals surface area contributed by atoms with E-state index in [0.29, 0.717) is 12.2 Å². The van der Waals surface area contributed by atoms with E-state index in [4.69, 9.17) is 25.4 Å². The van der Waals surface area contributed by atoms with Crippen LogP contribution in [0.4, 0.5) is 4.39 Å². The number of ether oxygens (including phenoxy) is 1. The van der Waals surface area contributed by atoms with Gasteiger partial charge >= 0.3 is 5.97 Å². The maximum atomic E-state index is 14.1. The average molecular weight is 366 g/mol. The van der Waals surface area contributed by atoms with Crippen LogP contribution in [0, 0.1) is 12.7 Å². The van der Waals surface area contributed by atoms with Crippen molar-refractivity contribution in [1.29, 1.82) is 0 Å². The molecule has 25 heavy (non-hydrogen) atoms. The minimum atomic E-state index is -0.760. The molecule has 0 aliphatic rings. The molecule has 2 aromatic heterocycles. The predicted molar refractivity (Wildman–Crippen MR) is 84.4 cm³/mol. The molecular formula is C16H13ClFN3O4. The predicted octanol–water partition coefficient (Wildman–Crippen LogP) is 3.74. The molecule has 0 saturated heterocycles. The molecule has 0 N–H and O–H groups in total. The maximum Gasteiger partial charge on any atom is 0.344 e. The number of hydrogen-bond acceptors (Lipinski definition) is 7. The van der Waals surface area contributed by atoms with E-state index in [1.54, 1.807) is 0 Å². The second kappa shape index (κ2) is 7.02. The molecule has 7 nitrogen and oxygen atoms in total. The standard InChI is InChI=1S/C16H13ClFN3O4/c1-3-11-19-12(25-20-11)7-23-16(22)13-8(2)24-21-15(13)14-9(17)5-4-6-10(14)18/h4-6H,3,7H2,1-2H3. The fourth-order valence-corrected chi connectivity index (χ4v) is 2.45. The first kappa shape index (κ1) is 17.1. The first-order valence-corrected chi connectivity index (χ1v) is 7.78. The Morgan fingerprint density at radius 1 is 1.32 bits per heavy atom. The van der Waals surface area contributed by atoms with Crippen molar-refractivity contribution < 1.29 is 23.0 Å². The van der Waals surface area contributed by atoms with Crippen molar-refractivity contribution in [2.45, 2.75) is 26.9 Å². The van der Waals surface area contributed by atoms with Crippen LogP contribution in [0.5, 0.6) is 0 Å². The minimum absolute atomic E-state index is 0.0118. The van der Waals surface area contributed by atoms with Gasteiger partial charge in [-0.1, -0.05) is 34.9 Å². The summed E-state index contributed by atoms with van der Waals surface area (Å²) in [5.74, 6) is -0.543. The maximum absolute atomic E-state index is 14.1. The van der Waals surface area contributed by atoms with Crippen LogP contribution in [0.3, 0.4) is 0 Å². The topological polar surface area (TPSA) is 91.2 Å². The molecule has 0 bridgehead atoms. The molecule has 0 spiro atoms. The molecule has 1 aromatic carbocycles. The number of aromatic nitrogens is 3. The van der Waals surface area contributed by atoms with E-state index < -0.39 is 11.8 Å². The first-order chi connectivity index (χ1) is 12.0. The van der Waals surface area contributed by atoms with Crippen molar-refractivity contribution in [2.75, 3.05) is 0 Å². The van der Waals surface area contributed by atoms with Crippen LogP contribution < -0.4 is 0 Å². The van der Waals surface area contributed by atoms with Gasteiger partial charge in [-0.3, -0.25) is 0 Å². The zero-order valence-electron chi connectivity index (χ0n) is 13.4. The summed E-state index contributed by atoms with van der Waals surface area (Å²) in [7, 11) is 0. The van der Waals surface area contributed by atoms with Crippen molar-refractivity contribution in [3.8, 4) is 11.3 Å². The molecule has 9 heteroatoms.